The lowest BCUT2D eigenvalue weighted by molar-refractivity contribution is -0.0190. The number of ether oxygens (including phenoxy) is 1. The Morgan fingerprint density at radius 2 is 1.95 bits per heavy atom. The van der Waals surface area contributed by atoms with Crippen LogP contribution in [0, 0.1) is 17.3 Å². The second kappa shape index (κ2) is 6.76. The molecule has 1 N–H and O–H groups in total. The molecule has 0 amide bonds. The molecular formula is C17H33NO2. The van der Waals surface area contributed by atoms with Crippen LogP contribution in [0.3, 0.4) is 0 Å². The molecule has 4 unspecified atom stereocenters. The molecule has 118 valence electrons. The summed E-state index contributed by atoms with van der Waals surface area (Å²) in [7, 11) is 1.82. The summed E-state index contributed by atoms with van der Waals surface area (Å²) < 4.78 is 5.51. The second-order valence-electron chi connectivity index (χ2n) is 7.96. The quantitative estimate of drug-likeness (QED) is 0.864. The molecule has 0 bridgehead atoms. The highest BCUT2D eigenvalue weighted by atomic mass is 16.5. The Kier molecular flexibility index (Phi) is 5.49. The van der Waals surface area contributed by atoms with Gasteiger partial charge in [-0.1, -0.05) is 20.8 Å². The largest absolute Gasteiger partial charge is 0.393 e. The molecule has 2 aliphatic rings. The first-order chi connectivity index (χ1) is 9.40. The highest BCUT2D eigenvalue weighted by Crippen LogP contribution is 2.40. The predicted molar refractivity (Wildman–Crippen MR) is 82.8 cm³/mol. The van der Waals surface area contributed by atoms with E-state index in [1.54, 1.807) is 0 Å². The molecular weight excluding hydrogens is 250 g/mol. The van der Waals surface area contributed by atoms with Gasteiger partial charge in [0.15, 0.2) is 0 Å². The maximum absolute atomic E-state index is 10.3. The summed E-state index contributed by atoms with van der Waals surface area (Å²) in [6.07, 6.45) is 6.04. The van der Waals surface area contributed by atoms with Crippen molar-refractivity contribution in [1.82, 2.24) is 4.90 Å². The molecule has 0 aromatic heterocycles. The van der Waals surface area contributed by atoms with Gasteiger partial charge in [0, 0.05) is 20.2 Å². The highest BCUT2D eigenvalue weighted by molar-refractivity contribution is 4.88. The standard InChI is InChI=1S/C17H33NO2/c1-17(2,3)14-7-8-16(19)13(10-14)11-18-9-5-6-15(12-18)20-4/h13-16,19H,5-12H2,1-4H3. The Labute approximate surface area is 124 Å². The fourth-order valence-corrected chi connectivity index (χ4v) is 3.93. The first-order valence-corrected chi connectivity index (χ1v) is 8.33. The second-order valence-corrected chi connectivity index (χ2v) is 7.96. The van der Waals surface area contributed by atoms with Gasteiger partial charge in [0.2, 0.25) is 0 Å². The highest BCUT2D eigenvalue weighted by Gasteiger charge is 2.36. The van der Waals surface area contributed by atoms with E-state index in [4.69, 9.17) is 4.74 Å². The van der Waals surface area contributed by atoms with Crippen molar-refractivity contribution in [3.8, 4) is 0 Å². The fourth-order valence-electron chi connectivity index (χ4n) is 3.93. The van der Waals surface area contributed by atoms with E-state index in [1.807, 2.05) is 7.11 Å². The predicted octanol–water partition coefficient (Wildman–Crippen LogP) is 2.92. The third-order valence-corrected chi connectivity index (χ3v) is 5.46. The van der Waals surface area contributed by atoms with E-state index in [-0.39, 0.29) is 6.10 Å². The number of aliphatic hydroxyl groups excluding tert-OH is 1. The lowest BCUT2D eigenvalue weighted by atomic mass is 9.68. The van der Waals surface area contributed by atoms with Crippen molar-refractivity contribution in [1.29, 1.82) is 0 Å². The number of methoxy groups -OCH3 is 1. The number of hydrogen-bond donors (Lipinski definition) is 1. The molecule has 2 fully saturated rings. The molecule has 0 aromatic carbocycles. The van der Waals surface area contributed by atoms with Crippen molar-refractivity contribution >= 4 is 0 Å². The summed E-state index contributed by atoms with van der Waals surface area (Å²) >= 11 is 0. The average Bonchev–Trinajstić information content (AvgIpc) is 2.40. The molecule has 1 saturated heterocycles. The molecule has 3 heteroatoms. The number of rotatable bonds is 3. The van der Waals surface area contributed by atoms with Crippen molar-refractivity contribution in [3.63, 3.8) is 0 Å². The van der Waals surface area contributed by atoms with E-state index < -0.39 is 0 Å². The van der Waals surface area contributed by atoms with Gasteiger partial charge in [-0.3, -0.25) is 0 Å². The third kappa shape index (κ3) is 4.19. The molecule has 1 aliphatic heterocycles. The van der Waals surface area contributed by atoms with Crippen molar-refractivity contribution in [2.75, 3.05) is 26.7 Å². The number of aliphatic hydroxyl groups is 1. The Balaban J connectivity index is 1.89. The van der Waals surface area contributed by atoms with E-state index in [2.05, 4.69) is 25.7 Å². The maximum atomic E-state index is 10.3. The van der Waals surface area contributed by atoms with E-state index in [0.717, 1.165) is 25.4 Å². The topological polar surface area (TPSA) is 32.7 Å². The zero-order valence-electron chi connectivity index (χ0n) is 13.8. The molecule has 3 nitrogen and oxygen atoms in total. The van der Waals surface area contributed by atoms with Crippen LogP contribution in [-0.2, 0) is 4.74 Å². The number of hydrogen-bond acceptors (Lipinski definition) is 3. The van der Waals surface area contributed by atoms with Crippen LogP contribution in [0.4, 0.5) is 0 Å². The Morgan fingerprint density at radius 3 is 2.60 bits per heavy atom. The minimum atomic E-state index is -0.100. The normalized spacial score (nSPS) is 37.0. The first kappa shape index (κ1) is 16.3. The number of likely N-dealkylation sites (tertiary alicyclic amines) is 1. The first-order valence-electron chi connectivity index (χ1n) is 8.33. The number of nitrogens with zero attached hydrogens (tertiary/aromatic N) is 1. The van der Waals surface area contributed by atoms with Crippen LogP contribution in [-0.4, -0.2) is 49.0 Å². The Bertz CT molecular complexity index is 300. The smallest absolute Gasteiger partial charge is 0.0698 e. The Morgan fingerprint density at radius 1 is 1.20 bits per heavy atom. The number of piperidine rings is 1. The van der Waals surface area contributed by atoms with Gasteiger partial charge in [-0.15, -0.1) is 0 Å². The average molecular weight is 283 g/mol. The zero-order chi connectivity index (χ0) is 14.8. The molecule has 1 heterocycles. The van der Waals surface area contributed by atoms with Gasteiger partial charge in [-0.2, -0.15) is 0 Å². The molecule has 0 radical (unpaired) electrons. The van der Waals surface area contributed by atoms with Crippen molar-refractivity contribution < 1.29 is 9.84 Å². The maximum Gasteiger partial charge on any atom is 0.0698 e. The van der Waals surface area contributed by atoms with Gasteiger partial charge in [-0.25, -0.2) is 0 Å². The molecule has 4 atom stereocenters. The summed E-state index contributed by atoms with van der Waals surface area (Å²) in [5.74, 6) is 1.20. The van der Waals surface area contributed by atoms with E-state index in [0.29, 0.717) is 17.4 Å². The molecule has 20 heavy (non-hydrogen) atoms. The minimum Gasteiger partial charge on any atom is -0.393 e. The summed E-state index contributed by atoms with van der Waals surface area (Å²) in [5.41, 5.74) is 0.370. The van der Waals surface area contributed by atoms with Crippen LogP contribution < -0.4 is 0 Å². The van der Waals surface area contributed by atoms with Crippen LogP contribution in [0.25, 0.3) is 0 Å². The molecule has 2 rings (SSSR count). The third-order valence-electron chi connectivity index (χ3n) is 5.46. The van der Waals surface area contributed by atoms with Crippen molar-refractivity contribution in [3.05, 3.63) is 0 Å². The van der Waals surface area contributed by atoms with Crippen LogP contribution in [0.5, 0.6) is 0 Å². The van der Waals surface area contributed by atoms with Crippen LogP contribution in [0.1, 0.15) is 52.9 Å². The van der Waals surface area contributed by atoms with Gasteiger partial charge < -0.3 is 14.7 Å². The molecule has 0 spiro atoms. The van der Waals surface area contributed by atoms with Gasteiger partial charge in [0.1, 0.15) is 0 Å². The minimum absolute atomic E-state index is 0.100. The fraction of sp³-hybridized carbons (Fsp3) is 1.00. The van der Waals surface area contributed by atoms with E-state index >= 15 is 0 Å². The van der Waals surface area contributed by atoms with Gasteiger partial charge >= 0.3 is 0 Å². The zero-order valence-corrected chi connectivity index (χ0v) is 13.8. The summed E-state index contributed by atoms with van der Waals surface area (Å²) in [4.78, 5) is 2.51. The van der Waals surface area contributed by atoms with E-state index in [1.165, 1.54) is 32.2 Å². The molecule has 1 aliphatic carbocycles. The van der Waals surface area contributed by atoms with Crippen molar-refractivity contribution in [2.45, 2.75) is 65.1 Å². The monoisotopic (exact) mass is 283 g/mol. The van der Waals surface area contributed by atoms with Crippen LogP contribution in [0.15, 0.2) is 0 Å². The van der Waals surface area contributed by atoms with Crippen LogP contribution >= 0.6 is 0 Å². The van der Waals surface area contributed by atoms with E-state index in [9.17, 15) is 5.11 Å². The van der Waals surface area contributed by atoms with Crippen LogP contribution in [0.2, 0.25) is 0 Å². The van der Waals surface area contributed by atoms with Gasteiger partial charge in [-0.05, 0) is 55.9 Å². The lowest BCUT2D eigenvalue weighted by Gasteiger charge is -2.43. The summed E-state index contributed by atoms with van der Waals surface area (Å²) in [6.45, 7) is 10.3. The SMILES string of the molecule is COC1CCCN(CC2CC(C(C)(C)C)CCC2O)C1. The summed E-state index contributed by atoms with van der Waals surface area (Å²) in [6, 6.07) is 0. The Hall–Kier alpha value is -0.120. The summed E-state index contributed by atoms with van der Waals surface area (Å²) in [5, 5.41) is 10.3. The molecule has 1 saturated carbocycles. The van der Waals surface area contributed by atoms with Gasteiger partial charge in [0.25, 0.3) is 0 Å². The van der Waals surface area contributed by atoms with Crippen molar-refractivity contribution in [2.24, 2.45) is 17.3 Å². The lowest BCUT2D eigenvalue weighted by Crippen LogP contribution is -2.46. The molecule has 0 aromatic rings. The van der Waals surface area contributed by atoms with Gasteiger partial charge in [0.05, 0.1) is 12.2 Å².